The van der Waals surface area contributed by atoms with Gasteiger partial charge in [-0.1, -0.05) is 58.4 Å². The second-order valence-corrected chi connectivity index (χ2v) is 8.08. The number of aryl methyl sites for hydroxylation is 1. The van der Waals surface area contributed by atoms with Gasteiger partial charge in [0, 0.05) is 16.7 Å². The largest absolute Gasteiger partial charge is 0.330 e. The van der Waals surface area contributed by atoms with Crippen molar-refractivity contribution in [1.29, 1.82) is 0 Å². The normalized spacial score (nSPS) is 10.9. The lowest BCUT2D eigenvalue weighted by molar-refractivity contribution is 0.540. The molecule has 7 nitrogen and oxygen atoms in total. The lowest BCUT2D eigenvalue weighted by Crippen LogP contribution is -2.04. The zero-order chi connectivity index (χ0) is 16.8. The van der Waals surface area contributed by atoms with E-state index in [1.807, 2.05) is 28.9 Å². The van der Waals surface area contributed by atoms with Crippen LogP contribution < -0.4 is 5.32 Å². The molecule has 1 N–H and O–H groups in total. The molecule has 0 spiro atoms. The Kier molecular flexibility index (Phi) is 6.16. The summed E-state index contributed by atoms with van der Waals surface area (Å²) in [6.45, 7) is 3.00. The minimum absolute atomic E-state index is 0.683. The van der Waals surface area contributed by atoms with Crippen LogP contribution >= 0.6 is 39.0 Å². The number of aromatic nitrogens is 6. The molecule has 0 aliphatic rings. The first-order valence-electron chi connectivity index (χ1n) is 7.48. The number of halogens is 1. The van der Waals surface area contributed by atoms with Crippen LogP contribution in [-0.2, 0) is 12.3 Å². The van der Waals surface area contributed by atoms with Gasteiger partial charge in [0.25, 0.3) is 0 Å². The SMILES string of the molecule is CCCCn1nnnc1CSc1nnc(Nc2cccc(Br)c2)s1. The lowest BCUT2D eigenvalue weighted by atomic mass is 10.3. The number of rotatable bonds is 8. The number of hydrogen-bond acceptors (Lipinski definition) is 8. The first-order chi connectivity index (χ1) is 11.7. The van der Waals surface area contributed by atoms with Crippen LogP contribution in [0.15, 0.2) is 33.1 Å². The van der Waals surface area contributed by atoms with Crippen LogP contribution in [0.4, 0.5) is 10.8 Å². The van der Waals surface area contributed by atoms with E-state index in [1.165, 1.54) is 11.3 Å². The van der Waals surface area contributed by atoms with Crippen molar-refractivity contribution in [2.45, 2.75) is 36.4 Å². The van der Waals surface area contributed by atoms with E-state index in [0.717, 1.165) is 44.8 Å². The van der Waals surface area contributed by atoms with E-state index in [9.17, 15) is 0 Å². The van der Waals surface area contributed by atoms with Gasteiger partial charge in [0.2, 0.25) is 5.13 Å². The number of anilines is 2. The number of unbranched alkanes of at least 4 members (excludes halogenated alkanes) is 1. The molecule has 0 radical (unpaired) electrons. The van der Waals surface area contributed by atoms with Crippen molar-refractivity contribution in [3.63, 3.8) is 0 Å². The highest BCUT2D eigenvalue weighted by Gasteiger charge is 2.10. The molecule has 3 rings (SSSR count). The van der Waals surface area contributed by atoms with Gasteiger partial charge in [-0.05, 0) is 35.0 Å². The molecule has 24 heavy (non-hydrogen) atoms. The van der Waals surface area contributed by atoms with E-state index in [0.29, 0.717) is 5.75 Å². The summed E-state index contributed by atoms with van der Waals surface area (Å²) in [5.41, 5.74) is 0.973. The zero-order valence-electron chi connectivity index (χ0n) is 13.0. The summed E-state index contributed by atoms with van der Waals surface area (Å²) in [5.74, 6) is 1.55. The molecule has 0 unspecified atom stereocenters. The van der Waals surface area contributed by atoms with Crippen LogP contribution in [0.3, 0.4) is 0 Å². The number of nitrogens with one attached hydrogen (secondary N) is 1. The molecule has 0 aliphatic heterocycles. The van der Waals surface area contributed by atoms with Crippen LogP contribution in [0.5, 0.6) is 0 Å². The van der Waals surface area contributed by atoms with Crippen LogP contribution in [0.2, 0.25) is 0 Å². The molecule has 126 valence electrons. The molecule has 0 saturated heterocycles. The molecular formula is C14H16BrN7S2. The van der Waals surface area contributed by atoms with Crippen LogP contribution in [0.1, 0.15) is 25.6 Å². The van der Waals surface area contributed by atoms with Gasteiger partial charge >= 0.3 is 0 Å². The number of tetrazole rings is 1. The van der Waals surface area contributed by atoms with E-state index in [1.54, 1.807) is 11.8 Å². The first-order valence-corrected chi connectivity index (χ1v) is 10.1. The molecular weight excluding hydrogens is 410 g/mol. The highest BCUT2D eigenvalue weighted by molar-refractivity contribution is 9.10. The third-order valence-corrected chi connectivity index (χ3v) is 5.60. The number of nitrogens with zero attached hydrogens (tertiary/aromatic N) is 6. The molecule has 0 bridgehead atoms. The van der Waals surface area contributed by atoms with Gasteiger partial charge in [-0.3, -0.25) is 0 Å². The van der Waals surface area contributed by atoms with Crippen molar-refractivity contribution in [3.05, 3.63) is 34.6 Å². The molecule has 2 aromatic heterocycles. The van der Waals surface area contributed by atoms with Gasteiger partial charge in [-0.15, -0.1) is 15.3 Å². The van der Waals surface area contributed by atoms with Gasteiger partial charge < -0.3 is 5.32 Å². The maximum Gasteiger partial charge on any atom is 0.210 e. The van der Waals surface area contributed by atoms with Crippen molar-refractivity contribution in [1.82, 2.24) is 30.4 Å². The average Bonchev–Trinajstić information content (AvgIpc) is 3.20. The maximum atomic E-state index is 4.21. The van der Waals surface area contributed by atoms with Gasteiger partial charge in [0.05, 0.1) is 5.75 Å². The lowest BCUT2D eigenvalue weighted by Gasteiger charge is -2.02. The molecule has 2 heterocycles. The standard InChI is InChI=1S/C14H16BrN7S2/c1-2-3-7-22-12(17-20-21-22)9-23-14-19-18-13(24-14)16-11-6-4-5-10(15)8-11/h4-6,8H,2-3,7,9H2,1H3,(H,16,18). The highest BCUT2D eigenvalue weighted by atomic mass is 79.9. The summed E-state index contributed by atoms with van der Waals surface area (Å²) < 4.78 is 3.76. The molecule has 0 saturated carbocycles. The zero-order valence-corrected chi connectivity index (χ0v) is 16.2. The highest BCUT2D eigenvalue weighted by Crippen LogP contribution is 2.30. The smallest absolute Gasteiger partial charge is 0.210 e. The number of hydrogen-bond donors (Lipinski definition) is 1. The maximum absolute atomic E-state index is 4.21. The predicted molar refractivity (Wildman–Crippen MR) is 99.6 cm³/mol. The molecule has 1 aromatic carbocycles. The minimum Gasteiger partial charge on any atom is -0.330 e. The Morgan fingerprint density at radius 3 is 3.04 bits per heavy atom. The van der Waals surface area contributed by atoms with Crippen LogP contribution in [0, 0.1) is 0 Å². The summed E-state index contributed by atoms with van der Waals surface area (Å²) in [5, 5.41) is 24.3. The third kappa shape index (κ3) is 4.74. The molecule has 3 aromatic rings. The Labute approximate surface area is 156 Å². The average molecular weight is 426 g/mol. The molecule has 0 fully saturated rings. The fourth-order valence-corrected chi connectivity index (χ4v) is 4.05. The monoisotopic (exact) mass is 425 g/mol. The van der Waals surface area contributed by atoms with Gasteiger partial charge in [0.1, 0.15) is 0 Å². The second-order valence-electron chi connectivity index (χ2n) is 4.97. The van der Waals surface area contributed by atoms with Crippen molar-refractivity contribution in [3.8, 4) is 0 Å². The summed E-state index contributed by atoms with van der Waals surface area (Å²) >= 11 is 6.56. The Bertz CT molecular complexity index is 789. The summed E-state index contributed by atoms with van der Waals surface area (Å²) in [7, 11) is 0. The molecule has 0 aliphatic carbocycles. The Morgan fingerprint density at radius 1 is 1.29 bits per heavy atom. The van der Waals surface area contributed by atoms with E-state index in [4.69, 9.17) is 0 Å². The third-order valence-electron chi connectivity index (χ3n) is 3.14. The fourth-order valence-electron chi connectivity index (χ4n) is 1.94. The Morgan fingerprint density at radius 2 is 2.21 bits per heavy atom. The first kappa shape index (κ1) is 17.3. The van der Waals surface area contributed by atoms with E-state index < -0.39 is 0 Å². The van der Waals surface area contributed by atoms with E-state index in [2.05, 4.69) is 53.9 Å². The number of benzene rings is 1. The second kappa shape index (κ2) is 8.54. The van der Waals surface area contributed by atoms with Crippen LogP contribution in [0.25, 0.3) is 0 Å². The van der Waals surface area contributed by atoms with Gasteiger partial charge in [-0.25, -0.2) is 4.68 Å². The molecule has 0 amide bonds. The van der Waals surface area contributed by atoms with E-state index in [-0.39, 0.29) is 0 Å². The minimum atomic E-state index is 0.683. The van der Waals surface area contributed by atoms with Crippen molar-refractivity contribution in [2.75, 3.05) is 5.32 Å². The number of thioether (sulfide) groups is 1. The fraction of sp³-hybridized carbons (Fsp3) is 0.357. The van der Waals surface area contributed by atoms with Crippen molar-refractivity contribution in [2.24, 2.45) is 0 Å². The molecule has 0 atom stereocenters. The van der Waals surface area contributed by atoms with E-state index >= 15 is 0 Å². The van der Waals surface area contributed by atoms with Crippen LogP contribution in [-0.4, -0.2) is 30.4 Å². The topological polar surface area (TPSA) is 81.4 Å². The Balaban J connectivity index is 1.57. The summed E-state index contributed by atoms with van der Waals surface area (Å²) in [4.78, 5) is 0. The molecule has 10 heteroatoms. The van der Waals surface area contributed by atoms with Gasteiger partial charge in [-0.2, -0.15) is 0 Å². The van der Waals surface area contributed by atoms with Gasteiger partial charge in [0.15, 0.2) is 10.2 Å². The predicted octanol–water partition coefficient (Wildman–Crippen LogP) is 4.12. The Hall–Kier alpha value is -1.52. The van der Waals surface area contributed by atoms with Crippen molar-refractivity contribution >= 4 is 49.8 Å². The summed E-state index contributed by atoms with van der Waals surface area (Å²) in [6, 6.07) is 7.94. The van der Waals surface area contributed by atoms with Crippen molar-refractivity contribution < 1.29 is 0 Å². The summed E-state index contributed by atoms with van der Waals surface area (Å²) in [6.07, 6.45) is 2.19. The quantitative estimate of drug-likeness (QED) is 0.543.